The number of anilines is 1. The maximum absolute atomic E-state index is 12.1. The Kier molecular flexibility index (Phi) is 6.20. The predicted octanol–water partition coefficient (Wildman–Crippen LogP) is 2.24. The smallest absolute Gasteiger partial charge is 0.325 e. The van der Waals surface area contributed by atoms with Crippen LogP contribution >= 0.6 is 0 Å². The third kappa shape index (κ3) is 4.93. The third-order valence-electron chi connectivity index (χ3n) is 5.36. The van der Waals surface area contributed by atoms with Crippen LogP contribution in [0.2, 0.25) is 0 Å². The van der Waals surface area contributed by atoms with Gasteiger partial charge in [-0.1, -0.05) is 12.1 Å². The van der Waals surface area contributed by atoms with Crippen molar-refractivity contribution in [1.29, 1.82) is 0 Å². The SMILES string of the molecule is C/C(=N/NC(=O)CCN1C(=O)NC(C)(C)C1=O)c1ccc(N2CCCCC2)cc1. The van der Waals surface area contributed by atoms with E-state index in [9.17, 15) is 14.4 Å². The van der Waals surface area contributed by atoms with Gasteiger partial charge in [0.1, 0.15) is 5.54 Å². The lowest BCUT2D eigenvalue weighted by atomic mass is 10.1. The summed E-state index contributed by atoms with van der Waals surface area (Å²) in [6, 6.07) is 7.71. The first kappa shape index (κ1) is 20.8. The first-order valence-corrected chi connectivity index (χ1v) is 10.1. The highest BCUT2D eigenvalue weighted by molar-refractivity contribution is 6.06. The number of amides is 4. The fourth-order valence-corrected chi connectivity index (χ4v) is 3.57. The molecule has 2 heterocycles. The van der Waals surface area contributed by atoms with E-state index < -0.39 is 11.6 Å². The molecule has 1 aromatic rings. The first-order valence-electron chi connectivity index (χ1n) is 10.1. The Morgan fingerprint density at radius 2 is 1.79 bits per heavy atom. The molecule has 1 aromatic carbocycles. The fraction of sp³-hybridized carbons (Fsp3) is 0.524. The lowest BCUT2D eigenvalue weighted by Gasteiger charge is -2.28. The molecular weight excluding hydrogens is 370 g/mol. The summed E-state index contributed by atoms with van der Waals surface area (Å²) >= 11 is 0. The van der Waals surface area contributed by atoms with E-state index in [4.69, 9.17) is 0 Å². The molecule has 2 N–H and O–H groups in total. The largest absolute Gasteiger partial charge is 0.372 e. The number of nitrogens with one attached hydrogen (secondary N) is 2. The molecule has 0 radical (unpaired) electrons. The van der Waals surface area contributed by atoms with Gasteiger partial charge in [-0.2, -0.15) is 5.10 Å². The number of benzene rings is 1. The van der Waals surface area contributed by atoms with E-state index >= 15 is 0 Å². The Balaban J connectivity index is 1.50. The van der Waals surface area contributed by atoms with Crippen LogP contribution < -0.4 is 15.6 Å². The van der Waals surface area contributed by atoms with Crippen LogP contribution in [0.5, 0.6) is 0 Å². The van der Waals surface area contributed by atoms with Gasteiger partial charge in [-0.3, -0.25) is 14.5 Å². The molecule has 2 aliphatic heterocycles. The summed E-state index contributed by atoms with van der Waals surface area (Å²) in [5.41, 5.74) is 4.41. The molecule has 0 spiro atoms. The first-order chi connectivity index (χ1) is 13.8. The van der Waals surface area contributed by atoms with Crippen LogP contribution in [0.3, 0.4) is 0 Å². The summed E-state index contributed by atoms with van der Waals surface area (Å²) in [6.45, 7) is 7.32. The van der Waals surface area contributed by atoms with E-state index in [0.717, 1.165) is 23.6 Å². The maximum Gasteiger partial charge on any atom is 0.325 e. The molecule has 4 amide bonds. The van der Waals surface area contributed by atoms with Crippen LogP contribution in [0, 0.1) is 0 Å². The Morgan fingerprint density at radius 1 is 1.14 bits per heavy atom. The number of rotatable bonds is 6. The molecule has 0 unspecified atom stereocenters. The molecule has 0 bridgehead atoms. The summed E-state index contributed by atoms with van der Waals surface area (Å²) in [5, 5.41) is 6.74. The van der Waals surface area contributed by atoms with Crippen molar-refractivity contribution in [3.8, 4) is 0 Å². The van der Waals surface area contributed by atoms with Gasteiger partial charge in [0.2, 0.25) is 5.91 Å². The van der Waals surface area contributed by atoms with Crippen LogP contribution in [-0.4, -0.2) is 53.6 Å². The van der Waals surface area contributed by atoms with Crippen LogP contribution in [0.4, 0.5) is 10.5 Å². The number of piperidine rings is 1. The number of nitrogens with zero attached hydrogens (tertiary/aromatic N) is 3. The summed E-state index contributed by atoms with van der Waals surface area (Å²) in [6.07, 6.45) is 3.77. The van der Waals surface area contributed by atoms with Gasteiger partial charge in [-0.15, -0.1) is 0 Å². The van der Waals surface area contributed by atoms with Crippen molar-refractivity contribution in [2.75, 3.05) is 24.5 Å². The average molecular weight is 399 g/mol. The Hall–Kier alpha value is -2.90. The van der Waals surface area contributed by atoms with Gasteiger partial charge >= 0.3 is 6.03 Å². The lowest BCUT2D eigenvalue weighted by Crippen LogP contribution is -2.40. The number of hydrogen-bond donors (Lipinski definition) is 2. The zero-order valence-corrected chi connectivity index (χ0v) is 17.3. The molecule has 2 saturated heterocycles. The second-order valence-electron chi connectivity index (χ2n) is 8.09. The van der Waals surface area contributed by atoms with Crippen molar-refractivity contribution in [1.82, 2.24) is 15.6 Å². The molecule has 0 saturated carbocycles. The molecule has 2 aliphatic rings. The summed E-state index contributed by atoms with van der Waals surface area (Å²) in [4.78, 5) is 39.5. The van der Waals surface area contributed by atoms with E-state index in [-0.39, 0.29) is 24.8 Å². The van der Waals surface area contributed by atoms with Crippen molar-refractivity contribution < 1.29 is 14.4 Å². The van der Waals surface area contributed by atoms with Gasteiger partial charge in [-0.25, -0.2) is 10.2 Å². The van der Waals surface area contributed by atoms with E-state index in [2.05, 4.69) is 32.9 Å². The number of hydrogen-bond acceptors (Lipinski definition) is 5. The van der Waals surface area contributed by atoms with Gasteiger partial charge in [0, 0.05) is 31.7 Å². The standard InChI is InChI=1S/C21H29N5O3/c1-15(16-7-9-17(10-8-16)25-12-5-4-6-13-25)23-24-18(27)11-14-26-19(28)21(2,3)22-20(26)29/h7-10H,4-6,11-14H2,1-3H3,(H,22,29)(H,24,27)/b23-15-. The van der Waals surface area contributed by atoms with E-state index in [0.29, 0.717) is 5.71 Å². The number of imide groups is 1. The predicted molar refractivity (Wildman–Crippen MR) is 112 cm³/mol. The maximum atomic E-state index is 12.1. The van der Waals surface area contributed by atoms with E-state index in [1.807, 2.05) is 19.1 Å². The quantitative estimate of drug-likeness (QED) is 0.436. The molecule has 8 heteroatoms. The van der Waals surface area contributed by atoms with Gasteiger partial charge < -0.3 is 10.2 Å². The van der Waals surface area contributed by atoms with Crippen LogP contribution in [0.1, 0.15) is 52.0 Å². The Morgan fingerprint density at radius 3 is 2.38 bits per heavy atom. The molecule has 156 valence electrons. The Bertz CT molecular complexity index is 810. The monoisotopic (exact) mass is 399 g/mol. The van der Waals surface area contributed by atoms with E-state index in [1.165, 1.54) is 24.9 Å². The minimum absolute atomic E-state index is 0.0000815. The number of carbonyl (C=O) groups is 3. The minimum Gasteiger partial charge on any atom is -0.372 e. The molecule has 2 fully saturated rings. The number of hydrazone groups is 1. The van der Waals surface area contributed by atoms with Crippen molar-refractivity contribution in [2.24, 2.45) is 5.10 Å². The molecular formula is C21H29N5O3. The average Bonchev–Trinajstić information content (AvgIpc) is 2.92. The highest BCUT2D eigenvalue weighted by atomic mass is 16.2. The zero-order chi connectivity index (χ0) is 21.0. The fourth-order valence-electron chi connectivity index (χ4n) is 3.57. The topological polar surface area (TPSA) is 94.1 Å². The summed E-state index contributed by atoms with van der Waals surface area (Å²) < 4.78 is 0. The lowest BCUT2D eigenvalue weighted by molar-refractivity contribution is -0.130. The van der Waals surface area contributed by atoms with Gasteiger partial charge in [0.05, 0.1) is 5.71 Å². The van der Waals surface area contributed by atoms with Gasteiger partial charge in [0.15, 0.2) is 0 Å². The number of carbonyl (C=O) groups excluding carboxylic acids is 3. The molecule has 0 aliphatic carbocycles. The van der Waals surface area contributed by atoms with Crippen LogP contribution in [-0.2, 0) is 9.59 Å². The van der Waals surface area contributed by atoms with Crippen molar-refractivity contribution in [3.63, 3.8) is 0 Å². The Labute approximate surface area is 171 Å². The van der Waals surface area contributed by atoms with Crippen molar-refractivity contribution >= 4 is 29.2 Å². The van der Waals surface area contributed by atoms with Crippen LogP contribution in [0.25, 0.3) is 0 Å². The van der Waals surface area contributed by atoms with Crippen molar-refractivity contribution in [3.05, 3.63) is 29.8 Å². The highest BCUT2D eigenvalue weighted by Crippen LogP contribution is 2.20. The summed E-state index contributed by atoms with van der Waals surface area (Å²) in [7, 11) is 0. The molecule has 0 aromatic heterocycles. The van der Waals surface area contributed by atoms with Crippen LogP contribution in [0.15, 0.2) is 29.4 Å². The second kappa shape index (κ2) is 8.63. The van der Waals surface area contributed by atoms with E-state index in [1.54, 1.807) is 13.8 Å². The zero-order valence-electron chi connectivity index (χ0n) is 17.3. The van der Waals surface area contributed by atoms with Gasteiger partial charge in [-0.05, 0) is 57.7 Å². The highest BCUT2D eigenvalue weighted by Gasteiger charge is 2.43. The van der Waals surface area contributed by atoms with Crippen molar-refractivity contribution in [2.45, 2.75) is 52.0 Å². The summed E-state index contributed by atoms with van der Waals surface area (Å²) in [5.74, 6) is -0.677. The second-order valence-corrected chi connectivity index (χ2v) is 8.09. The molecule has 8 nitrogen and oxygen atoms in total. The number of urea groups is 1. The normalized spacial score (nSPS) is 19.3. The molecule has 29 heavy (non-hydrogen) atoms. The molecule has 3 rings (SSSR count). The molecule has 0 atom stereocenters. The van der Waals surface area contributed by atoms with Gasteiger partial charge in [0.25, 0.3) is 5.91 Å². The third-order valence-corrected chi connectivity index (χ3v) is 5.36. The minimum atomic E-state index is -0.928.